The first-order valence-electron chi connectivity index (χ1n) is 4.95. The minimum Gasteiger partial charge on any atom is -0.373 e. The average Bonchev–Trinajstić information content (AvgIpc) is 3.03. The number of hydrogen-bond acceptors (Lipinski definition) is 1. The fourth-order valence-corrected chi connectivity index (χ4v) is 1.24. The van der Waals surface area contributed by atoms with Crippen molar-refractivity contribution in [2.45, 2.75) is 12.5 Å². The van der Waals surface area contributed by atoms with Crippen molar-refractivity contribution in [3.05, 3.63) is 54.1 Å². The minimum absolute atomic E-state index is 0.497. The summed E-state index contributed by atoms with van der Waals surface area (Å²) in [5.41, 5.74) is 1.24. The van der Waals surface area contributed by atoms with Crippen LogP contribution < -0.4 is 0 Å². The van der Waals surface area contributed by atoms with Crippen LogP contribution in [-0.4, -0.2) is 12.7 Å². The zero-order chi connectivity index (χ0) is 9.64. The largest absolute Gasteiger partial charge is 0.373 e. The Hall–Kier alpha value is -1.34. The first kappa shape index (κ1) is 9.22. The maximum atomic E-state index is 5.10. The van der Waals surface area contributed by atoms with Gasteiger partial charge >= 0.3 is 0 Å². The summed E-state index contributed by atoms with van der Waals surface area (Å²) in [6.07, 6.45) is 9.93. The highest BCUT2D eigenvalue weighted by Crippen LogP contribution is 2.13. The molecule has 1 heterocycles. The standard InChI is InChI=1S/C13H14O/c1-3-7-12(8-4-1)9-5-2-6-10-13-11-14-13/h1-9,13H,10-11H2. The van der Waals surface area contributed by atoms with E-state index in [9.17, 15) is 0 Å². The van der Waals surface area contributed by atoms with Crippen LogP contribution in [0.1, 0.15) is 12.0 Å². The Kier molecular flexibility index (Phi) is 3.15. The van der Waals surface area contributed by atoms with Gasteiger partial charge in [-0.05, 0) is 12.0 Å². The van der Waals surface area contributed by atoms with Crippen molar-refractivity contribution in [3.63, 3.8) is 0 Å². The van der Waals surface area contributed by atoms with E-state index in [0.29, 0.717) is 6.10 Å². The van der Waals surface area contributed by atoms with Crippen LogP contribution in [0.4, 0.5) is 0 Å². The van der Waals surface area contributed by atoms with Crippen LogP contribution in [0.3, 0.4) is 0 Å². The van der Waals surface area contributed by atoms with E-state index in [2.05, 4.69) is 36.4 Å². The summed E-state index contributed by atoms with van der Waals surface area (Å²) < 4.78 is 5.10. The monoisotopic (exact) mass is 186 g/mol. The molecule has 0 saturated carbocycles. The Morgan fingerprint density at radius 3 is 2.71 bits per heavy atom. The Balaban J connectivity index is 1.78. The van der Waals surface area contributed by atoms with Gasteiger partial charge in [0.15, 0.2) is 0 Å². The molecule has 1 heteroatoms. The maximum absolute atomic E-state index is 5.10. The first-order chi connectivity index (χ1) is 6.95. The summed E-state index contributed by atoms with van der Waals surface area (Å²) in [6, 6.07) is 10.3. The normalized spacial score (nSPS) is 20.7. The molecule has 14 heavy (non-hydrogen) atoms. The summed E-state index contributed by atoms with van der Waals surface area (Å²) in [7, 11) is 0. The lowest BCUT2D eigenvalue weighted by Gasteiger charge is -1.88. The quantitative estimate of drug-likeness (QED) is 0.520. The van der Waals surface area contributed by atoms with Gasteiger partial charge in [-0.15, -0.1) is 0 Å². The number of hydrogen-bond donors (Lipinski definition) is 0. The van der Waals surface area contributed by atoms with Crippen LogP contribution >= 0.6 is 0 Å². The van der Waals surface area contributed by atoms with Crippen molar-refractivity contribution >= 4 is 6.08 Å². The van der Waals surface area contributed by atoms with Gasteiger partial charge in [-0.25, -0.2) is 0 Å². The van der Waals surface area contributed by atoms with Crippen molar-refractivity contribution in [1.82, 2.24) is 0 Å². The van der Waals surface area contributed by atoms with Gasteiger partial charge in [0.05, 0.1) is 12.7 Å². The molecular weight excluding hydrogens is 172 g/mol. The molecule has 1 aromatic carbocycles. The second kappa shape index (κ2) is 4.77. The second-order valence-electron chi connectivity index (χ2n) is 3.39. The molecule has 0 spiro atoms. The molecule has 0 radical (unpaired) electrons. The summed E-state index contributed by atoms with van der Waals surface area (Å²) in [5, 5.41) is 0. The maximum Gasteiger partial charge on any atom is 0.0844 e. The van der Waals surface area contributed by atoms with Gasteiger partial charge in [0.2, 0.25) is 0 Å². The lowest BCUT2D eigenvalue weighted by Crippen LogP contribution is -1.77. The summed E-state index contributed by atoms with van der Waals surface area (Å²) in [4.78, 5) is 0. The van der Waals surface area contributed by atoms with Gasteiger partial charge in [-0.2, -0.15) is 0 Å². The highest BCUT2D eigenvalue weighted by molar-refractivity contribution is 5.50. The number of allylic oxidation sites excluding steroid dienone is 2. The predicted octanol–water partition coefficient (Wildman–Crippen LogP) is 3.04. The highest BCUT2D eigenvalue weighted by Gasteiger charge is 2.19. The van der Waals surface area contributed by atoms with Crippen LogP contribution in [0.25, 0.3) is 6.08 Å². The van der Waals surface area contributed by atoms with Crippen LogP contribution in [0.2, 0.25) is 0 Å². The molecule has 0 aromatic heterocycles. The van der Waals surface area contributed by atoms with Crippen LogP contribution in [0, 0.1) is 0 Å². The topological polar surface area (TPSA) is 12.5 Å². The second-order valence-corrected chi connectivity index (χ2v) is 3.39. The number of benzene rings is 1. The molecule has 0 N–H and O–H groups in total. The van der Waals surface area contributed by atoms with Crippen molar-refractivity contribution in [2.75, 3.05) is 6.61 Å². The van der Waals surface area contributed by atoms with E-state index in [-0.39, 0.29) is 0 Å². The molecule has 1 saturated heterocycles. The first-order valence-corrected chi connectivity index (χ1v) is 4.95. The Labute approximate surface area is 84.7 Å². The van der Waals surface area contributed by atoms with E-state index in [1.54, 1.807) is 0 Å². The van der Waals surface area contributed by atoms with Crippen LogP contribution in [-0.2, 0) is 4.74 Å². The third-order valence-corrected chi connectivity index (χ3v) is 2.14. The minimum atomic E-state index is 0.497. The van der Waals surface area contributed by atoms with Gasteiger partial charge < -0.3 is 4.74 Å². The summed E-state index contributed by atoms with van der Waals surface area (Å²) in [6.45, 7) is 0.937. The lowest BCUT2D eigenvalue weighted by atomic mass is 10.2. The molecule has 1 aliphatic rings. The average molecular weight is 186 g/mol. The zero-order valence-electron chi connectivity index (χ0n) is 8.10. The molecule has 1 fully saturated rings. The van der Waals surface area contributed by atoms with Crippen LogP contribution in [0.5, 0.6) is 0 Å². The molecule has 0 bridgehead atoms. The van der Waals surface area contributed by atoms with E-state index >= 15 is 0 Å². The fraction of sp³-hybridized carbons (Fsp3) is 0.231. The molecule has 1 aromatic rings. The zero-order valence-corrected chi connectivity index (χ0v) is 8.10. The summed E-state index contributed by atoms with van der Waals surface area (Å²) in [5.74, 6) is 0. The fourth-order valence-electron chi connectivity index (χ4n) is 1.24. The Morgan fingerprint density at radius 1 is 1.21 bits per heavy atom. The van der Waals surface area contributed by atoms with Gasteiger partial charge in [-0.3, -0.25) is 0 Å². The Bertz CT molecular complexity index is 320. The van der Waals surface area contributed by atoms with Gasteiger partial charge in [-0.1, -0.05) is 54.6 Å². The van der Waals surface area contributed by atoms with Gasteiger partial charge in [0.1, 0.15) is 0 Å². The molecule has 2 rings (SSSR count). The molecule has 72 valence electrons. The predicted molar refractivity (Wildman–Crippen MR) is 59.0 cm³/mol. The number of epoxide rings is 1. The van der Waals surface area contributed by atoms with E-state index in [0.717, 1.165) is 13.0 Å². The van der Waals surface area contributed by atoms with Crippen molar-refractivity contribution < 1.29 is 4.74 Å². The van der Waals surface area contributed by atoms with Crippen molar-refractivity contribution in [2.24, 2.45) is 0 Å². The SMILES string of the molecule is C(C=Cc1ccccc1)=CCC1CO1. The molecule has 1 atom stereocenters. The van der Waals surface area contributed by atoms with E-state index in [1.165, 1.54) is 5.56 Å². The van der Waals surface area contributed by atoms with E-state index in [4.69, 9.17) is 4.74 Å². The highest BCUT2D eigenvalue weighted by atomic mass is 16.6. The third-order valence-electron chi connectivity index (χ3n) is 2.14. The number of ether oxygens (including phenoxy) is 1. The number of rotatable bonds is 4. The Morgan fingerprint density at radius 2 is 2.00 bits per heavy atom. The van der Waals surface area contributed by atoms with Crippen LogP contribution in [0.15, 0.2) is 48.6 Å². The molecule has 1 nitrogen and oxygen atoms in total. The smallest absolute Gasteiger partial charge is 0.0844 e. The molecular formula is C13H14O. The van der Waals surface area contributed by atoms with Crippen molar-refractivity contribution in [1.29, 1.82) is 0 Å². The third kappa shape index (κ3) is 3.19. The molecule has 0 aliphatic carbocycles. The van der Waals surface area contributed by atoms with E-state index in [1.807, 2.05) is 18.2 Å². The van der Waals surface area contributed by atoms with Gasteiger partial charge in [0.25, 0.3) is 0 Å². The van der Waals surface area contributed by atoms with E-state index < -0.39 is 0 Å². The summed E-state index contributed by atoms with van der Waals surface area (Å²) >= 11 is 0. The van der Waals surface area contributed by atoms with Gasteiger partial charge in [0, 0.05) is 0 Å². The lowest BCUT2D eigenvalue weighted by molar-refractivity contribution is 0.410. The molecule has 1 unspecified atom stereocenters. The molecule has 1 aliphatic heterocycles. The van der Waals surface area contributed by atoms with Crippen molar-refractivity contribution in [3.8, 4) is 0 Å². The molecule has 0 amide bonds.